The summed E-state index contributed by atoms with van der Waals surface area (Å²) in [6.07, 6.45) is 0.489. The summed E-state index contributed by atoms with van der Waals surface area (Å²) in [5.41, 5.74) is 5.49. The van der Waals surface area contributed by atoms with E-state index in [-0.39, 0.29) is 11.8 Å². The number of imidazole rings is 1. The quantitative estimate of drug-likeness (QED) is 0.692. The summed E-state index contributed by atoms with van der Waals surface area (Å²) in [5.74, 6) is 1.23. The van der Waals surface area contributed by atoms with Crippen LogP contribution in [0.25, 0.3) is 11.0 Å². The number of fused-ring (bicyclic) bond motifs is 1. The maximum atomic E-state index is 12.8. The van der Waals surface area contributed by atoms with E-state index in [4.69, 9.17) is 9.72 Å². The molecule has 4 rings (SSSR count). The number of para-hydroxylation sites is 2. The Morgan fingerprint density at radius 3 is 2.74 bits per heavy atom. The first-order valence-electron chi connectivity index (χ1n) is 9.40. The van der Waals surface area contributed by atoms with Gasteiger partial charge in [0.15, 0.2) is 0 Å². The van der Waals surface area contributed by atoms with Gasteiger partial charge in [0.2, 0.25) is 5.91 Å². The lowest BCUT2D eigenvalue weighted by molar-refractivity contribution is -0.117. The lowest BCUT2D eigenvalue weighted by Gasteiger charge is -2.18. The summed E-state index contributed by atoms with van der Waals surface area (Å²) in [6.45, 7) is 6.19. The summed E-state index contributed by atoms with van der Waals surface area (Å²) >= 11 is 0. The summed E-state index contributed by atoms with van der Waals surface area (Å²) in [6, 6.07) is 14.4. The molecule has 140 valence electrons. The highest BCUT2D eigenvalue weighted by Gasteiger charge is 2.34. The topological polar surface area (TPSA) is 47.4 Å². The summed E-state index contributed by atoms with van der Waals surface area (Å²) in [7, 11) is 1.71. The molecule has 3 aromatic rings. The molecule has 2 heterocycles. The van der Waals surface area contributed by atoms with Crippen LogP contribution >= 0.6 is 0 Å². The molecule has 0 unspecified atom stereocenters. The molecule has 5 nitrogen and oxygen atoms in total. The van der Waals surface area contributed by atoms with Crippen molar-refractivity contribution in [3.8, 4) is 0 Å². The fraction of sp³-hybridized carbons (Fsp3) is 0.364. The van der Waals surface area contributed by atoms with E-state index in [2.05, 4.69) is 36.6 Å². The van der Waals surface area contributed by atoms with Crippen LogP contribution in [0.5, 0.6) is 0 Å². The molecular weight excluding hydrogens is 338 g/mol. The smallest absolute Gasteiger partial charge is 0.227 e. The number of rotatable bonds is 5. The second kappa shape index (κ2) is 7.16. The van der Waals surface area contributed by atoms with Crippen LogP contribution < -0.4 is 4.90 Å². The third-order valence-electron chi connectivity index (χ3n) is 5.50. The standard InChI is InChI=1S/C22H25N3O2/c1-15-8-9-18(12-16(15)2)25-14-17(13-21(25)26)22-23-19-6-4-5-7-20(19)24(22)10-11-27-3/h4-9,12,17H,10-11,13-14H2,1-3H3/t17-/m1/s1. The number of ether oxygens (including phenoxy) is 1. The largest absolute Gasteiger partial charge is 0.383 e. The maximum absolute atomic E-state index is 12.8. The van der Waals surface area contributed by atoms with Crippen LogP contribution in [0.4, 0.5) is 5.69 Å². The van der Waals surface area contributed by atoms with Crippen molar-refractivity contribution in [2.75, 3.05) is 25.2 Å². The maximum Gasteiger partial charge on any atom is 0.227 e. The Morgan fingerprint density at radius 2 is 1.96 bits per heavy atom. The van der Waals surface area contributed by atoms with Crippen LogP contribution in [0.3, 0.4) is 0 Å². The van der Waals surface area contributed by atoms with Crippen molar-refractivity contribution in [3.63, 3.8) is 0 Å². The molecule has 1 aromatic heterocycles. The molecule has 1 fully saturated rings. The van der Waals surface area contributed by atoms with Gasteiger partial charge in [-0.2, -0.15) is 0 Å². The first-order valence-corrected chi connectivity index (χ1v) is 9.40. The molecule has 1 amide bonds. The highest BCUT2D eigenvalue weighted by atomic mass is 16.5. The number of aryl methyl sites for hydroxylation is 2. The fourth-order valence-corrected chi connectivity index (χ4v) is 3.85. The number of carbonyl (C=O) groups excluding carboxylic acids is 1. The number of amides is 1. The lowest BCUT2D eigenvalue weighted by Crippen LogP contribution is -2.24. The van der Waals surface area contributed by atoms with Gasteiger partial charge < -0.3 is 14.2 Å². The Kier molecular flexibility index (Phi) is 4.70. The van der Waals surface area contributed by atoms with Crippen molar-refractivity contribution in [2.24, 2.45) is 0 Å². The second-order valence-electron chi connectivity index (χ2n) is 7.28. The molecule has 2 aromatic carbocycles. The molecule has 1 aliphatic rings. The SMILES string of the molecule is COCCn1c([C@@H]2CC(=O)N(c3ccc(C)c(C)c3)C2)nc2ccccc21. The van der Waals surface area contributed by atoms with Gasteiger partial charge in [-0.15, -0.1) is 0 Å². The Bertz CT molecular complexity index is 992. The van der Waals surface area contributed by atoms with Crippen LogP contribution in [0.1, 0.15) is 29.3 Å². The average Bonchev–Trinajstić information content (AvgIpc) is 3.23. The van der Waals surface area contributed by atoms with E-state index in [1.165, 1.54) is 11.1 Å². The molecule has 0 N–H and O–H groups in total. The van der Waals surface area contributed by atoms with Crippen molar-refractivity contribution in [1.82, 2.24) is 9.55 Å². The third-order valence-corrected chi connectivity index (χ3v) is 5.50. The van der Waals surface area contributed by atoms with Crippen LogP contribution in [0, 0.1) is 13.8 Å². The van der Waals surface area contributed by atoms with Gasteiger partial charge in [-0.1, -0.05) is 18.2 Å². The highest BCUT2D eigenvalue weighted by Crippen LogP contribution is 2.33. The van der Waals surface area contributed by atoms with Gasteiger partial charge in [-0.05, 0) is 49.2 Å². The van der Waals surface area contributed by atoms with Gasteiger partial charge in [0.1, 0.15) is 5.82 Å². The van der Waals surface area contributed by atoms with E-state index >= 15 is 0 Å². The number of benzene rings is 2. The van der Waals surface area contributed by atoms with E-state index in [0.29, 0.717) is 19.6 Å². The fourth-order valence-electron chi connectivity index (χ4n) is 3.85. The third kappa shape index (κ3) is 3.23. The van der Waals surface area contributed by atoms with Crippen molar-refractivity contribution >= 4 is 22.6 Å². The average molecular weight is 363 g/mol. The Balaban J connectivity index is 1.68. The number of hydrogen-bond donors (Lipinski definition) is 0. The Morgan fingerprint density at radius 1 is 1.15 bits per heavy atom. The van der Waals surface area contributed by atoms with Gasteiger partial charge >= 0.3 is 0 Å². The molecule has 27 heavy (non-hydrogen) atoms. The van der Waals surface area contributed by atoms with Crippen molar-refractivity contribution < 1.29 is 9.53 Å². The molecule has 0 spiro atoms. The second-order valence-corrected chi connectivity index (χ2v) is 7.28. The van der Waals surface area contributed by atoms with Gasteiger partial charge in [0.05, 0.1) is 17.6 Å². The van der Waals surface area contributed by atoms with E-state index in [1.807, 2.05) is 29.2 Å². The number of nitrogens with zero attached hydrogens (tertiary/aromatic N) is 3. The summed E-state index contributed by atoms with van der Waals surface area (Å²) in [5, 5.41) is 0. The Labute approximate surface area is 159 Å². The monoisotopic (exact) mass is 363 g/mol. The predicted molar refractivity (Wildman–Crippen MR) is 107 cm³/mol. The van der Waals surface area contributed by atoms with Crippen molar-refractivity contribution in [1.29, 1.82) is 0 Å². The van der Waals surface area contributed by atoms with Crippen molar-refractivity contribution in [3.05, 3.63) is 59.4 Å². The van der Waals surface area contributed by atoms with Crippen LogP contribution in [0.15, 0.2) is 42.5 Å². The predicted octanol–water partition coefficient (Wildman–Crippen LogP) is 3.82. The van der Waals surface area contributed by atoms with E-state index in [1.54, 1.807) is 7.11 Å². The first-order chi connectivity index (χ1) is 13.1. The van der Waals surface area contributed by atoms with Crippen LogP contribution in [-0.2, 0) is 16.1 Å². The molecule has 5 heteroatoms. The molecule has 1 atom stereocenters. The van der Waals surface area contributed by atoms with Gasteiger partial charge in [-0.3, -0.25) is 4.79 Å². The molecule has 0 saturated carbocycles. The van der Waals surface area contributed by atoms with Gasteiger partial charge in [0, 0.05) is 38.2 Å². The minimum Gasteiger partial charge on any atom is -0.383 e. The molecule has 0 aliphatic carbocycles. The van der Waals surface area contributed by atoms with E-state index in [0.717, 1.165) is 29.1 Å². The van der Waals surface area contributed by atoms with Crippen LogP contribution in [0.2, 0.25) is 0 Å². The lowest BCUT2D eigenvalue weighted by atomic mass is 10.1. The number of hydrogen-bond acceptors (Lipinski definition) is 3. The Hall–Kier alpha value is -2.66. The first kappa shape index (κ1) is 17.7. The molecule has 0 bridgehead atoms. The zero-order chi connectivity index (χ0) is 19.0. The van der Waals surface area contributed by atoms with Gasteiger partial charge in [0.25, 0.3) is 0 Å². The highest BCUT2D eigenvalue weighted by molar-refractivity contribution is 5.96. The van der Waals surface area contributed by atoms with E-state index in [9.17, 15) is 4.79 Å². The summed E-state index contributed by atoms with van der Waals surface area (Å²) in [4.78, 5) is 19.5. The van der Waals surface area contributed by atoms with E-state index < -0.39 is 0 Å². The number of carbonyl (C=O) groups is 1. The zero-order valence-corrected chi connectivity index (χ0v) is 16.1. The molecule has 1 saturated heterocycles. The minimum atomic E-state index is 0.0864. The molecule has 0 radical (unpaired) electrons. The normalized spacial score (nSPS) is 17.2. The zero-order valence-electron chi connectivity index (χ0n) is 16.1. The molecular formula is C22H25N3O2. The number of aromatic nitrogens is 2. The van der Waals surface area contributed by atoms with Crippen molar-refractivity contribution in [2.45, 2.75) is 32.7 Å². The molecule has 1 aliphatic heterocycles. The van der Waals surface area contributed by atoms with Crippen LogP contribution in [-0.4, -0.2) is 35.7 Å². The van der Waals surface area contributed by atoms with Gasteiger partial charge in [-0.25, -0.2) is 4.98 Å². The number of methoxy groups -OCH3 is 1. The minimum absolute atomic E-state index is 0.0864. The summed E-state index contributed by atoms with van der Waals surface area (Å²) < 4.78 is 7.50. The number of anilines is 1.